The molecule has 17 heavy (non-hydrogen) atoms. The molecule has 6 heteroatoms. The Kier molecular flexibility index (Phi) is 7.53. The Morgan fingerprint density at radius 2 is 2.47 bits per heavy atom. The van der Waals surface area contributed by atoms with Gasteiger partial charge in [-0.2, -0.15) is 5.11 Å². The Bertz CT molecular complexity index is 240. The molecule has 0 saturated carbocycles. The van der Waals surface area contributed by atoms with Crippen molar-refractivity contribution >= 4 is 0 Å². The quantitative estimate of drug-likeness (QED) is 0.442. The monoisotopic (exact) mass is 242 g/mol. The summed E-state index contributed by atoms with van der Waals surface area (Å²) in [4.78, 5) is 0. The van der Waals surface area contributed by atoms with Crippen molar-refractivity contribution in [1.29, 1.82) is 5.53 Å². The maximum absolute atomic E-state index is 7.03. The molecular weight excluding hydrogens is 220 g/mol. The molecule has 0 aliphatic carbocycles. The van der Waals surface area contributed by atoms with Gasteiger partial charge >= 0.3 is 0 Å². The van der Waals surface area contributed by atoms with E-state index in [1.165, 1.54) is 0 Å². The Hall–Kier alpha value is -0.980. The number of ether oxygens (including phenoxy) is 2. The van der Waals surface area contributed by atoms with Gasteiger partial charge in [-0.3, -0.25) is 0 Å². The first-order valence-electron chi connectivity index (χ1n) is 6.10. The minimum atomic E-state index is -0.141. The van der Waals surface area contributed by atoms with E-state index in [4.69, 9.17) is 20.7 Å². The van der Waals surface area contributed by atoms with Gasteiger partial charge in [0.1, 0.15) is 5.70 Å². The van der Waals surface area contributed by atoms with E-state index in [-0.39, 0.29) is 6.29 Å². The zero-order chi connectivity index (χ0) is 12.3. The molecule has 1 heterocycles. The van der Waals surface area contributed by atoms with Crippen LogP contribution < -0.4 is 11.1 Å². The predicted octanol–water partition coefficient (Wildman–Crippen LogP) is 1.34. The van der Waals surface area contributed by atoms with E-state index in [2.05, 4.69) is 10.4 Å². The van der Waals surface area contributed by atoms with E-state index in [1.807, 2.05) is 0 Å². The molecule has 1 fully saturated rings. The van der Waals surface area contributed by atoms with E-state index < -0.39 is 0 Å². The van der Waals surface area contributed by atoms with Gasteiger partial charge in [0.15, 0.2) is 6.29 Å². The summed E-state index contributed by atoms with van der Waals surface area (Å²) in [7, 11) is 0. The molecule has 1 unspecified atom stereocenters. The zero-order valence-electron chi connectivity index (χ0n) is 10.2. The van der Waals surface area contributed by atoms with Crippen LogP contribution in [-0.4, -0.2) is 32.6 Å². The lowest BCUT2D eigenvalue weighted by molar-refractivity contribution is -0.157. The molecule has 6 nitrogen and oxygen atoms in total. The average molecular weight is 242 g/mol. The molecule has 98 valence electrons. The first kappa shape index (κ1) is 14.1. The summed E-state index contributed by atoms with van der Waals surface area (Å²) in [5.74, 6) is 0. The molecule has 1 aliphatic heterocycles. The third-order valence-corrected chi connectivity index (χ3v) is 2.49. The fourth-order valence-corrected chi connectivity index (χ4v) is 1.52. The number of nitrogens with two attached hydrogens (primary N) is 1. The molecule has 1 atom stereocenters. The molecular formula is C11H22N4O2. The highest BCUT2D eigenvalue weighted by Gasteiger charge is 2.14. The lowest BCUT2D eigenvalue weighted by Crippen LogP contribution is -2.23. The van der Waals surface area contributed by atoms with Crippen molar-refractivity contribution < 1.29 is 9.47 Å². The summed E-state index contributed by atoms with van der Waals surface area (Å²) >= 11 is 0. The molecule has 0 amide bonds. The van der Waals surface area contributed by atoms with E-state index in [9.17, 15) is 0 Å². The van der Waals surface area contributed by atoms with Crippen LogP contribution >= 0.6 is 0 Å². The molecule has 0 bridgehead atoms. The number of hydrogen-bond donors (Lipinski definition) is 3. The summed E-state index contributed by atoms with van der Waals surface area (Å²) < 4.78 is 11.0. The molecule has 0 aromatic heterocycles. The van der Waals surface area contributed by atoms with Gasteiger partial charge in [0.2, 0.25) is 0 Å². The van der Waals surface area contributed by atoms with Gasteiger partial charge in [-0.1, -0.05) is 0 Å². The fourth-order valence-electron chi connectivity index (χ4n) is 1.52. The van der Waals surface area contributed by atoms with Crippen LogP contribution in [0.3, 0.4) is 0 Å². The van der Waals surface area contributed by atoms with Crippen LogP contribution in [-0.2, 0) is 9.47 Å². The molecule has 0 spiro atoms. The van der Waals surface area contributed by atoms with Crippen molar-refractivity contribution in [2.45, 2.75) is 32.0 Å². The van der Waals surface area contributed by atoms with Gasteiger partial charge in [-0.15, -0.1) is 0 Å². The summed E-state index contributed by atoms with van der Waals surface area (Å²) in [5.41, 5.74) is 13.0. The summed E-state index contributed by atoms with van der Waals surface area (Å²) in [5, 5.41) is 6.46. The Balaban J connectivity index is 2.18. The van der Waals surface area contributed by atoms with Crippen molar-refractivity contribution in [1.82, 2.24) is 5.32 Å². The molecule has 1 saturated heterocycles. The van der Waals surface area contributed by atoms with Crippen LogP contribution in [0.2, 0.25) is 0 Å². The van der Waals surface area contributed by atoms with Crippen LogP contribution in [0.25, 0.3) is 0 Å². The van der Waals surface area contributed by atoms with E-state index >= 15 is 0 Å². The maximum Gasteiger partial charge on any atom is 0.158 e. The SMILES string of the molecule is N=N/C(=C\NCCCN)COC1CCCCO1. The van der Waals surface area contributed by atoms with Crippen molar-refractivity contribution in [2.24, 2.45) is 10.8 Å². The van der Waals surface area contributed by atoms with Crippen LogP contribution in [0, 0.1) is 5.53 Å². The predicted molar refractivity (Wildman–Crippen MR) is 64.4 cm³/mol. The van der Waals surface area contributed by atoms with Crippen LogP contribution in [0.5, 0.6) is 0 Å². The van der Waals surface area contributed by atoms with Crippen LogP contribution in [0.15, 0.2) is 17.0 Å². The average Bonchev–Trinajstić information content (AvgIpc) is 2.39. The van der Waals surface area contributed by atoms with E-state index in [1.54, 1.807) is 6.20 Å². The lowest BCUT2D eigenvalue weighted by atomic mass is 10.2. The number of nitrogens with one attached hydrogen (secondary N) is 2. The smallest absolute Gasteiger partial charge is 0.158 e. The van der Waals surface area contributed by atoms with Gasteiger partial charge in [0, 0.05) is 19.4 Å². The van der Waals surface area contributed by atoms with Gasteiger partial charge in [-0.05, 0) is 32.2 Å². The van der Waals surface area contributed by atoms with Crippen LogP contribution in [0.4, 0.5) is 0 Å². The van der Waals surface area contributed by atoms with Crippen molar-refractivity contribution in [3.8, 4) is 0 Å². The molecule has 4 N–H and O–H groups in total. The van der Waals surface area contributed by atoms with Crippen molar-refractivity contribution in [2.75, 3.05) is 26.3 Å². The van der Waals surface area contributed by atoms with E-state index in [0.29, 0.717) is 18.8 Å². The largest absolute Gasteiger partial charge is 0.389 e. The molecule has 0 radical (unpaired) electrons. The normalized spacial score (nSPS) is 21.2. The summed E-state index contributed by atoms with van der Waals surface area (Å²) in [6.07, 6.45) is 5.62. The summed E-state index contributed by atoms with van der Waals surface area (Å²) in [6, 6.07) is 0. The Labute approximate surface area is 102 Å². The first-order valence-corrected chi connectivity index (χ1v) is 6.10. The van der Waals surface area contributed by atoms with Crippen molar-refractivity contribution in [3.63, 3.8) is 0 Å². The second-order valence-corrected chi connectivity index (χ2v) is 3.95. The van der Waals surface area contributed by atoms with Crippen LogP contribution in [0.1, 0.15) is 25.7 Å². The standard InChI is InChI=1S/C11H22N4O2/c12-5-3-6-14-8-10(15-13)9-17-11-4-1-2-7-16-11/h8,11,13-14H,1-7,9,12H2/b10-8-,15-13?. The van der Waals surface area contributed by atoms with Gasteiger partial charge < -0.3 is 20.5 Å². The highest BCUT2D eigenvalue weighted by Crippen LogP contribution is 2.14. The second kappa shape index (κ2) is 9.09. The first-order chi connectivity index (χ1) is 8.36. The number of nitrogens with zero attached hydrogens (tertiary/aromatic N) is 1. The fraction of sp³-hybridized carbons (Fsp3) is 0.818. The van der Waals surface area contributed by atoms with E-state index in [0.717, 1.165) is 38.8 Å². The van der Waals surface area contributed by atoms with Gasteiger partial charge in [-0.25, -0.2) is 5.53 Å². The Morgan fingerprint density at radius 1 is 1.59 bits per heavy atom. The third kappa shape index (κ3) is 6.35. The van der Waals surface area contributed by atoms with Gasteiger partial charge in [0.25, 0.3) is 0 Å². The van der Waals surface area contributed by atoms with Gasteiger partial charge in [0.05, 0.1) is 6.61 Å². The molecule has 1 rings (SSSR count). The zero-order valence-corrected chi connectivity index (χ0v) is 10.2. The molecule has 0 aromatic rings. The second-order valence-electron chi connectivity index (χ2n) is 3.95. The minimum Gasteiger partial charge on any atom is -0.389 e. The molecule has 1 aliphatic rings. The molecule has 0 aromatic carbocycles. The number of hydrogen-bond acceptors (Lipinski definition) is 6. The number of rotatable bonds is 8. The summed E-state index contributed by atoms with van der Waals surface area (Å²) in [6.45, 7) is 2.51. The highest BCUT2D eigenvalue weighted by molar-refractivity contribution is 4.97. The highest BCUT2D eigenvalue weighted by atomic mass is 16.7. The topological polar surface area (TPSA) is 92.7 Å². The lowest BCUT2D eigenvalue weighted by Gasteiger charge is -2.22. The Morgan fingerprint density at radius 3 is 3.12 bits per heavy atom. The minimum absolute atomic E-state index is 0.141. The maximum atomic E-state index is 7.03. The third-order valence-electron chi connectivity index (χ3n) is 2.49. The van der Waals surface area contributed by atoms with Crippen molar-refractivity contribution in [3.05, 3.63) is 11.9 Å².